The summed E-state index contributed by atoms with van der Waals surface area (Å²) in [7, 11) is 0. The van der Waals surface area contributed by atoms with Gasteiger partial charge in [0, 0.05) is 0 Å². The molecule has 2 heteroatoms. The lowest BCUT2D eigenvalue weighted by atomic mass is 9.40. The quantitative estimate of drug-likeness (QED) is 0.691. The van der Waals surface area contributed by atoms with Crippen LogP contribution in [0.25, 0.3) is 0 Å². The van der Waals surface area contributed by atoms with Gasteiger partial charge >= 0.3 is 5.97 Å². The predicted octanol–water partition coefficient (Wildman–Crippen LogP) is 5.43. The highest BCUT2D eigenvalue weighted by Gasteiger charge is 2.62. The van der Waals surface area contributed by atoms with Gasteiger partial charge in [-0.25, -0.2) is 0 Å². The molecule has 3 aliphatic rings. The Hall–Kier alpha value is -0.790. The second-order valence-corrected chi connectivity index (χ2v) is 8.91. The van der Waals surface area contributed by atoms with Crippen LogP contribution in [0.5, 0.6) is 0 Å². The zero-order valence-electron chi connectivity index (χ0n) is 14.6. The summed E-state index contributed by atoms with van der Waals surface area (Å²) >= 11 is 0. The third kappa shape index (κ3) is 2.02. The lowest BCUT2D eigenvalue weighted by molar-refractivity contribution is -0.181. The normalized spacial score (nSPS) is 48.4. The average Bonchev–Trinajstić information content (AvgIpc) is 2.46. The molecule has 0 spiro atoms. The van der Waals surface area contributed by atoms with Gasteiger partial charge in [0.2, 0.25) is 0 Å². The Labute approximate surface area is 135 Å². The lowest BCUT2D eigenvalue weighted by Crippen LogP contribution is -2.58. The highest BCUT2D eigenvalue weighted by molar-refractivity contribution is 5.75. The van der Waals surface area contributed by atoms with Gasteiger partial charge in [0.15, 0.2) is 0 Å². The minimum absolute atomic E-state index is 0.209. The molecular weight excluding hydrogens is 272 g/mol. The molecule has 2 nitrogen and oxygen atoms in total. The number of rotatable bonds is 2. The summed E-state index contributed by atoms with van der Waals surface area (Å²) in [5.41, 5.74) is 1.52. The van der Waals surface area contributed by atoms with E-state index < -0.39 is 11.4 Å². The lowest BCUT2D eigenvalue weighted by Gasteiger charge is -2.64. The predicted molar refractivity (Wildman–Crippen MR) is 89.6 cm³/mol. The Morgan fingerprint density at radius 1 is 1.23 bits per heavy atom. The van der Waals surface area contributed by atoms with E-state index in [0.717, 1.165) is 25.7 Å². The standard InChI is InChI=1S/C20H32O2/c1-5-20-12-9-15-18(3,16(20)8-7-14(2)13-20)10-6-11-19(15,4)17(21)22/h15-16H,2,5-13H2,1,3-4H3,(H,21,22)/t15?,16?,18-,19-,20?/m1/s1. The molecule has 3 unspecified atom stereocenters. The summed E-state index contributed by atoms with van der Waals surface area (Å²) in [5, 5.41) is 9.90. The molecular formula is C20H32O2. The molecule has 3 fully saturated rings. The molecule has 0 aliphatic heterocycles. The number of allylic oxidation sites excluding steroid dienone is 1. The number of carboxylic acids is 1. The van der Waals surface area contributed by atoms with Gasteiger partial charge < -0.3 is 5.11 Å². The molecule has 0 saturated heterocycles. The Morgan fingerprint density at radius 2 is 1.95 bits per heavy atom. The Morgan fingerprint density at radius 3 is 2.59 bits per heavy atom. The SMILES string of the molecule is C=C1CCC2C(CC)(CCC3[C@@]2(C)CCC[C@@]3(C)C(=O)O)C1. The summed E-state index contributed by atoms with van der Waals surface area (Å²) in [6.45, 7) is 11.1. The molecule has 0 radical (unpaired) electrons. The van der Waals surface area contributed by atoms with Gasteiger partial charge in [-0.2, -0.15) is 0 Å². The third-order valence-electron chi connectivity index (χ3n) is 8.02. The summed E-state index contributed by atoms with van der Waals surface area (Å²) in [6.07, 6.45) is 10.2. The van der Waals surface area contributed by atoms with E-state index in [1.807, 2.05) is 6.92 Å². The molecule has 1 N–H and O–H groups in total. The zero-order valence-corrected chi connectivity index (χ0v) is 14.6. The van der Waals surface area contributed by atoms with E-state index in [2.05, 4.69) is 20.4 Å². The van der Waals surface area contributed by atoms with Gasteiger partial charge in [-0.3, -0.25) is 4.79 Å². The fourth-order valence-corrected chi connectivity index (χ4v) is 6.87. The summed E-state index contributed by atoms with van der Waals surface area (Å²) in [6, 6.07) is 0. The highest BCUT2D eigenvalue weighted by atomic mass is 16.4. The fraction of sp³-hybridized carbons (Fsp3) is 0.850. The van der Waals surface area contributed by atoms with Crippen LogP contribution in [0.1, 0.15) is 78.6 Å². The van der Waals surface area contributed by atoms with E-state index in [9.17, 15) is 9.90 Å². The molecule has 22 heavy (non-hydrogen) atoms. The number of fused-ring (bicyclic) bond motifs is 3. The first-order valence-electron chi connectivity index (χ1n) is 9.18. The number of hydrogen-bond donors (Lipinski definition) is 1. The first-order valence-corrected chi connectivity index (χ1v) is 9.18. The van der Waals surface area contributed by atoms with E-state index in [1.54, 1.807) is 0 Å². The van der Waals surface area contributed by atoms with Gasteiger partial charge in [0.05, 0.1) is 5.41 Å². The van der Waals surface area contributed by atoms with E-state index in [-0.39, 0.29) is 5.41 Å². The summed E-state index contributed by atoms with van der Waals surface area (Å²) in [5.74, 6) is 0.475. The maximum atomic E-state index is 12.0. The van der Waals surface area contributed by atoms with Crippen LogP contribution in [0.4, 0.5) is 0 Å². The van der Waals surface area contributed by atoms with Crippen LogP contribution < -0.4 is 0 Å². The second kappa shape index (κ2) is 5.11. The minimum atomic E-state index is -0.562. The Balaban J connectivity index is 2.02. The number of carboxylic acid groups (broad SMARTS) is 1. The van der Waals surface area contributed by atoms with Gasteiger partial charge in [-0.1, -0.05) is 32.4 Å². The van der Waals surface area contributed by atoms with Gasteiger partial charge in [0.1, 0.15) is 0 Å². The van der Waals surface area contributed by atoms with Crippen molar-refractivity contribution in [2.75, 3.05) is 0 Å². The van der Waals surface area contributed by atoms with Crippen molar-refractivity contribution in [2.24, 2.45) is 28.1 Å². The molecule has 3 saturated carbocycles. The van der Waals surface area contributed by atoms with E-state index in [4.69, 9.17) is 0 Å². The topological polar surface area (TPSA) is 37.3 Å². The van der Waals surface area contributed by atoms with Crippen LogP contribution in [0, 0.1) is 28.1 Å². The Kier molecular flexibility index (Phi) is 3.73. The van der Waals surface area contributed by atoms with Crippen molar-refractivity contribution < 1.29 is 9.90 Å². The van der Waals surface area contributed by atoms with Crippen LogP contribution in [0.2, 0.25) is 0 Å². The van der Waals surface area contributed by atoms with Crippen molar-refractivity contribution in [3.05, 3.63) is 12.2 Å². The largest absolute Gasteiger partial charge is 0.481 e. The van der Waals surface area contributed by atoms with Crippen molar-refractivity contribution in [1.29, 1.82) is 0 Å². The third-order valence-corrected chi connectivity index (χ3v) is 8.02. The molecule has 0 amide bonds. The second-order valence-electron chi connectivity index (χ2n) is 8.91. The smallest absolute Gasteiger partial charge is 0.309 e. The van der Waals surface area contributed by atoms with Crippen molar-refractivity contribution in [1.82, 2.24) is 0 Å². The molecule has 0 heterocycles. The number of aliphatic carboxylic acids is 1. The molecule has 124 valence electrons. The molecule has 0 aromatic heterocycles. The van der Waals surface area contributed by atoms with E-state index in [1.165, 1.54) is 37.7 Å². The summed E-state index contributed by atoms with van der Waals surface area (Å²) in [4.78, 5) is 12.0. The van der Waals surface area contributed by atoms with Crippen LogP contribution in [0.3, 0.4) is 0 Å². The molecule has 0 aromatic rings. The van der Waals surface area contributed by atoms with Crippen LogP contribution in [0.15, 0.2) is 12.2 Å². The minimum Gasteiger partial charge on any atom is -0.481 e. The van der Waals surface area contributed by atoms with Crippen LogP contribution in [-0.2, 0) is 4.79 Å². The number of hydrogen-bond acceptors (Lipinski definition) is 1. The zero-order chi connectivity index (χ0) is 16.2. The number of carbonyl (C=O) groups is 1. The van der Waals surface area contributed by atoms with Gasteiger partial charge in [0.25, 0.3) is 0 Å². The maximum absolute atomic E-state index is 12.0. The summed E-state index contributed by atoms with van der Waals surface area (Å²) < 4.78 is 0. The Bertz CT molecular complexity index is 496. The maximum Gasteiger partial charge on any atom is 0.309 e. The molecule has 0 aromatic carbocycles. The molecule has 5 atom stereocenters. The average molecular weight is 304 g/mol. The highest BCUT2D eigenvalue weighted by Crippen LogP contribution is 2.68. The molecule has 0 bridgehead atoms. The van der Waals surface area contributed by atoms with E-state index >= 15 is 0 Å². The first kappa shape index (κ1) is 16.1. The van der Waals surface area contributed by atoms with Crippen LogP contribution in [-0.4, -0.2) is 11.1 Å². The van der Waals surface area contributed by atoms with Crippen molar-refractivity contribution in [3.63, 3.8) is 0 Å². The van der Waals surface area contributed by atoms with Crippen LogP contribution >= 0.6 is 0 Å². The molecule has 3 rings (SSSR count). The van der Waals surface area contributed by atoms with Crippen molar-refractivity contribution in [2.45, 2.75) is 78.6 Å². The first-order chi connectivity index (χ1) is 10.3. The molecule has 3 aliphatic carbocycles. The monoisotopic (exact) mass is 304 g/mol. The van der Waals surface area contributed by atoms with Gasteiger partial charge in [-0.15, -0.1) is 0 Å². The fourth-order valence-electron chi connectivity index (χ4n) is 6.87. The van der Waals surface area contributed by atoms with Gasteiger partial charge in [-0.05, 0) is 81.0 Å². The van der Waals surface area contributed by atoms with E-state index in [0.29, 0.717) is 17.3 Å². The van der Waals surface area contributed by atoms with Crippen molar-refractivity contribution >= 4 is 5.97 Å². The van der Waals surface area contributed by atoms with Crippen molar-refractivity contribution in [3.8, 4) is 0 Å².